The average Bonchev–Trinajstić information content (AvgIpc) is 2.50. The molecule has 1 aromatic rings. The van der Waals surface area contributed by atoms with Crippen molar-refractivity contribution in [1.82, 2.24) is 5.32 Å². The molecule has 1 rings (SSSR count). The lowest BCUT2D eigenvalue weighted by molar-refractivity contribution is -0.121. The Balaban J connectivity index is 2.31. The van der Waals surface area contributed by atoms with Crippen molar-refractivity contribution in [3.8, 4) is 0 Å². The molecule has 1 amide bonds. The molecule has 0 atom stereocenters. The topological polar surface area (TPSA) is 53.6 Å². The van der Waals surface area contributed by atoms with E-state index >= 15 is 0 Å². The molecule has 0 aliphatic heterocycles. The van der Waals surface area contributed by atoms with Crippen LogP contribution >= 0.6 is 0 Å². The van der Waals surface area contributed by atoms with Gasteiger partial charge >= 0.3 is 0 Å². The fourth-order valence-corrected chi connectivity index (χ4v) is 2.08. The third-order valence-electron chi connectivity index (χ3n) is 3.31. The van der Waals surface area contributed by atoms with Crippen molar-refractivity contribution in [3.63, 3.8) is 0 Å². The number of carbonyl (C=O) groups excluding carboxylic acids is 1. The second kappa shape index (κ2) is 10.0. The molecule has 118 valence electrons. The van der Waals surface area contributed by atoms with Crippen LogP contribution in [0, 0.1) is 0 Å². The van der Waals surface area contributed by atoms with Crippen LogP contribution in [0.15, 0.2) is 24.3 Å². The lowest BCUT2D eigenvalue weighted by atomic mass is 10.2. The average molecular weight is 293 g/mol. The molecule has 0 saturated carbocycles. The van der Waals surface area contributed by atoms with Crippen molar-refractivity contribution in [2.45, 2.75) is 20.3 Å². The summed E-state index contributed by atoms with van der Waals surface area (Å²) in [6.45, 7) is 8.05. The van der Waals surface area contributed by atoms with Crippen LogP contribution in [-0.4, -0.2) is 45.8 Å². The Morgan fingerprint density at radius 3 is 2.38 bits per heavy atom. The van der Waals surface area contributed by atoms with E-state index in [0.717, 1.165) is 18.8 Å². The maximum atomic E-state index is 11.5. The predicted octanol–water partition coefficient (Wildman–Crippen LogP) is 2.10. The molecule has 0 aromatic heterocycles. The van der Waals surface area contributed by atoms with E-state index < -0.39 is 0 Å². The van der Waals surface area contributed by atoms with E-state index in [4.69, 9.17) is 4.74 Å². The number of nitrogens with zero attached hydrogens (tertiary/aromatic N) is 1. The van der Waals surface area contributed by atoms with Gasteiger partial charge in [-0.1, -0.05) is 0 Å². The summed E-state index contributed by atoms with van der Waals surface area (Å²) in [7, 11) is 1.62. The number of rotatable bonds is 10. The van der Waals surface area contributed by atoms with E-state index in [1.54, 1.807) is 7.11 Å². The summed E-state index contributed by atoms with van der Waals surface area (Å²) in [6.07, 6.45) is 0.460. The molecule has 0 aliphatic rings. The van der Waals surface area contributed by atoms with Crippen molar-refractivity contribution >= 4 is 17.3 Å². The maximum absolute atomic E-state index is 11.5. The Labute approximate surface area is 127 Å². The molecule has 0 saturated heterocycles. The van der Waals surface area contributed by atoms with Crippen molar-refractivity contribution in [2.24, 2.45) is 0 Å². The molecule has 0 heterocycles. The Kier molecular flexibility index (Phi) is 8.28. The van der Waals surface area contributed by atoms with Crippen LogP contribution in [0.5, 0.6) is 0 Å². The predicted molar refractivity (Wildman–Crippen MR) is 88.0 cm³/mol. The van der Waals surface area contributed by atoms with Crippen LogP contribution in [0.25, 0.3) is 0 Å². The standard InChI is InChI=1S/C16H27N3O2/c1-4-19(5-2)15-8-6-14(7-9-15)17-11-10-16(20)18-12-13-21-3/h6-9,17H,4-5,10-13H2,1-3H3,(H,18,20). The van der Waals surface area contributed by atoms with Crippen molar-refractivity contribution in [1.29, 1.82) is 0 Å². The van der Waals surface area contributed by atoms with Gasteiger partial charge in [-0.3, -0.25) is 4.79 Å². The van der Waals surface area contributed by atoms with Gasteiger partial charge < -0.3 is 20.3 Å². The first kappa shape index (κ1) is 17.3. The third kappa shape index (κ3) is 6.49. The van der Waals surface area contributed by atoms with E-state index in [9.17, 15) is 4.79 Å². The summed E-state index contributed by atoms with van der Waals surface area (Å²) in [6, 6.07) is 8.31. The summed E-state index contributed by atoms with van der Waals surface area (Å²) in [4.78, 5) is 13.8. The third-order valence-corrected chi connectivity index (χ3v) is 3.31. The highest BCUT2D eigenvalue weighted by Gasteiger charge is 2.02. The molecule has 0 bridgehead atoms. The highest BCUT2D eigenvalue weighted by Crippen LogP contribution is 2.17. The van der Waals surface area contributed by atoms with Crippen LogP contribution in [0.2, 0.25) is 0 Å². The normalized spacial score (nSPS) is 10.2. The Morgan fingerprint density at radius 1 is 1.14 bits per heavy atom. The molecule has 0 aliphatic carbocycles. The van der Waals surface area contributed by atoms with Crippen LogP contribution in [0.4, 0.5) is 11.4 Å². The Morgan fingerprint density at radius 2 is 1.81 bits per heavy atom. The SMILES string of the molecule is CCN(CC)c1ccc(NCCC(=O)NCCOC)cc1. The fraction of sp³-hybridized carbons (Fsp3) is 0.562. The van der Waals surface area contributed by atoms with Gasteiger partial charge in [0, 0.05) is 51.1 Å². The molecule has 5 nitrogen and oxygen atoms in total. The summed E-state index contributed by atoms with van der Waals surface area (Å²) >= 11 is 0. The number of carbonyl (C=O) groups is 1. The minimum absolute atomic E-state index is 0.0410. The summed E-state index contributed by atoms with van der Waals surface area (Å²) in [5.74, 6) is 0.0410. The van der Waals surface area contributed by atoms with Crippen molar-refractivity contribution in [2.75, 3.05) is 50.1 Å². The molecular formula is C16H27N3O2. The number of hydrogen-bond acceptors (Lipinski definition) is 4. The van der Waals surface area contributed by atoms with Gasteiger partial charge in [-0.25, -0.2) is 0 Å². The van der Waals surface area contributed by atoms with Gasteiger partial charge in [0.25, 0.3) is 0 Å². The number of methoxy groups -OCH3 is 1. The summed E-state index contributed by atoms with van der Waals surface area (Å²) in [5.41, 5.74) is 2.26. The van der Waals surface area contributed by atoms with E-state index in [0.29, 0.717) is 26.1 Å². The van der Waals surface area contributed by atoms with E-state index in [-0.39, 0.29) is 5.91 Å². The second-order valence-corrected chi connectivity index (χ2v) is 4.74. The van der Waals surface area contributed by atoms with Gasteiger partial charge in [0.05, 0.1) is 6.61 Å². The highest BCUT2D eigenvalue weighted by molar-refractivity contribution is 5.76. The zero-order valence-corrected chi connectivity index (χ0v) is 13.3. The lowest BCUT2D eigenvalue weighted by Crippen LogP contribution is -2.28. The first-order valence-electron chi connectivity index (χ1n) is 7.55. The molecule has 0 unspecified atom stereocenters. The largest absolute Gasteiger partial charge is 0.385 e. The molecule has 0 spiro atoms. The van der Waals surface area contributed by atoms with E-state index in [1.165, 1.54) is 5.69 Å². The molecule has 1 aromatic carbocycles. The van der Waals surface area contributed by atoms with Gasteiger partial charge in [-0.15, -0.1) is 0 Å². The molecule has 0 fully saturated rings. The fourth-order valence-electron chi connectivity index (χ4n) is 2.08. The number of hydrogen-bond donors (Lipinski definition) is 2. The van der Waals surface area contributed by atoms with Crippen LogP contribution in [0.3, 0.4) is 0 Å². The van der Waals surface area contributed by atoms with Crippen LogP contribution in [-0.2, 0) is 9.53 Å². The van der Waals surface area contributed by atoms with Crippen molar-refractivity contribution in [3.05, 3.63) is 24.3 Å². The first-order chi connectivity index (χ1) is 10.2. The Hall–Kier alpha value is -1.75. The van der Waals surface area contributed by atoms with Gasteiger partial charge in [0.2, 0.25) is 5.91 Å². The number of amides is 1. The zero-order valence-electron chi connectivity index (χ0n) is 13.3. The van der Waals surface area contributed by atoms with Crippen LogP contribution < -0.4 is 15.5 Å². The molecular weight excluding hydrogens is 266 g/mol. The maximum Gasteiger partial charge on any atom is 0.221 e. The monoisotopic (exact) mass is 293 g/mol. The second-order valence-electron chi connectivity index (χ2n) is 4.74. The lowest BCUT2D eigenvalue weighted by Gasteiger charge is -2.21. The van der Waals surface area contributed by atoms with Crippen molar-refractivity contribution < 1.29 is 9.53 Å². The number of ether oxygens (including phenoxy) is 1. The molecule has 21 heavy (non-hydrogen) atoms. The van der Waals surface area contributed by atoms with Crippen LogP contribution in [0.1, 0.15) is 20.3 Å². The number of nitrogens with one attached hydrogen (secondary N) is 2. The van der Waals surface area contributed by atoms with Gasteiger partial charge in [-0.05, 0) is 38.1 Å². The number of anilines is 2. The summed E-state index contributed by atoms with van der Waals surface area (Å²) < 4.78 is 4.88. The van der Waals surface area contributed by atoms with Gasteiger partial charge in [0.15, 0.2) is 0 Å². The van der Waals surface area contributed by atoms with Gasteiger partial charge in [0.1, 0.15) is 0 Å². The Bertz CT molecular complexity index is 402. The highest BCUT2D eigenvalue weighted by atomic mass is 16.5. The smallest absolute Gasteiger partial charge is 0.221 e. The van der Waals surface area contributed by atoms with E-state index in [1.807, 2.05) is 0 Å². The first-order valence-corrected chi connectivity index (χ1v) is 7.55. The quantitative estimate of drug-likeness (QED) is 0.649. The minimum Gasteiger partial charge on any atom is -0.385 e. The number of benzene rings is 1. The minimum atomic E-state index is 0.0410. The zero-order chi connectivity index (χ0) is 15.5. The van der Waals surface area contributed by atoms with Gasteiger partial charge in [-0.2, -0.15) is 0 Å². The summed E-state index contributed by atoms with van der Waals surface area (Å²) in [5, 5.41) is 6.06. The van der Waals surface area contributed by atoms with E-state index in [2.05, 4.69) is 53.6 Å². The molecule has 0 radical (unpaired) electrons. The molecule has 2 N–H and O–H groups in total. The molecule has 5 heteroatoms.